The smallest absolute Gasteiger partial charge is 0.295 e. The van der Waals surface area contributed by atoms with Gasteiger partial charge in [-0.3, -0.25) is 10.1 Å². The molecule has 0 bridgehead atoms. The van der Waals surface area contributed by atoms with Gasteiger partial charge in [-0.15, -0.1) is 0 Å². The van der Waals surface area contributed by atoms with Crippen molar-refractivity contribution in [3.8, 4) is 0 Å². The minimum atomic E-state index is -1.32. The molecule has 0 radical (unpaired) electrons. The van der Waals surface area contributed by atoms with Gasteiger partial charge in [0.05, 0.1) is 11.0 Å². The minimum absolute atomic E-state index is 0.110. The van der Waals surface area contributed by atoms with Gasteiger partial charge in [0.2, 0.25) is 0 Å². The summed E-state index contributed by atoms with van der Waals surface area (Å²) >= 11 is 0. The third-order valence-corrected chi connectivity index (χ3v) is 1.84. The van der Waals surface area contributed by atoms with Gasteiger partial charge in [0.15, 0.2) is 17.3 Å². The molecule has 1 atom stereocenters. The van der Waals surface area contributed by atoms with E-state index in [1.807, 2.05) is 0 Å². The van der Waals surface area contributed by atoms with Crippen molar-refractivity contribution in [2.45, 2.75) is 13.0 Å². The predicted molar refractivity (Wildman–Crippen MR) is 53.2 cm³/mol. The van der Waals surface area contributed by atoms with E-state index in [4.69, 9.17) is 5.11 Å². The number of aliphatic hydroxyl groups excluding tert-OH is 1. The van der Waals surface area contributed by atoms with Crippen LogP contribution < -0.4 is 5.32 Å². The Morgan fingerprint density at radius 1 is 1.56 bits per heavy atom. The predicted octanol–water partition coefficient (Wildman–Crippen LogP) is 1.67. The molecule has 0 aliphatic carbocycles. The highest BCUT2D eigenvalue weighted by atomic mass is 19.2. The molecule has 0 saturated carbocycles. The average molecular weight is 232 g/mol. The quantitative estimate of drug-likeness (QED) is 0.611. The second-order valence-electron chi connectivity index (χ2n) is 3.24. The fourth-order valence-electron chi connectivity index (χ4n) is 1.11. The standard InChI is InChI=1S/C9H10F2N2O3/c1-5(14)4-12-9-7(13(15)16)3-2-6(10)8(9)11/h2-3,5,12,14H,4H2,1H3. The summed E-state index contributed by atoms with van der Waals surface area (Å²) in [6, 6.07) is 1.55. The van der Waals surface area contributed by atoms with E-state index in [2.05, 4.69) is 5.32 Å². The van der Waals surface area contributed by atoms with Crippen molar-refractivity contribution in [3.63, 3.8) is 0 Å². The van der Waals surface area contributed by atoms with Gasteiger partial charge in [-0.25, -0.2) is 8.78 Å². The lowest BCUT2D eigenvalue weighted by Gasteiger charge is -2.09. The molecule has 0 fully saturated rings. The second kappa shape index (κ2) is 4.84. The fourth-order valence-corrected chi connectivity index (χ4v) is 1.11. The Hall–Kier alpha value is -1.76. The third-order valence-electron chi connectivity index (χ3n) is 1.84. The highest BCUT2D eigenvalue weighted by molar-refractivity contribution is 5.62. The number of rotatable bonds is 4. The van der Waals surface area contributed by atoms with E-state index in [0.717, 1.165) is 6.07 Å². The van der Waals surface area contributed by atoms with Crippen LogP contribution in [-0.4, -0.2) is 22.7 Å². The molecule has 16 heavy (non-hydrogen) atoms. The summed E-state index contributed by atoms with van der Waals surface area (Å²) in [5.74, 6) is -2.51. The van der Waals surface area contributed by atoms with E-state index in [0.29, 0.717) is 6.07 Å². The van der Waals surface area contributed by atoms with Crippen LogP contribution in [0, 0.1) is 21.7 Å². The van der Waals surface area contributed by atoms with Crippen LogP contribution in [0.25, 0.3) is 0 Å². The molecule has 1 rings (SSSR count). The normalized spacial score (nSPS) is 12.2. The van der Waals surface area contributed by atoms with Gasteiger partial charge < -0.3 is 10.4 Å². The first kappa shape index (κ1) is 12.3. The van der Waals surface area contributed by atoms with Crippen molar-refractivity contribution in [3.05, 3.63) is 33.9 Å². The number of hydrogen-bond donors (Lipinski definition) is 2. The minimum Gasteiger partial charge on any atom is -0.392 e. The molecule has 0 heterocycles. The lowest BCUT2D eigenvalue weighted by molar-refractivity contribution is -0.384. The lowest BCUT2D eigenvalue weighted by atomic mass is 10.2. The summed E-state index contributed by atoms with van der Waals surface area (Å²) in [7, 11) is 0. The summed E-state index contributed by atoms with van der Waals surface area (Å²) in [5.41, 5.74) is -1.12. The summed E-state index contributed by atoms with van der Waals surface area (Å²) in [5, 5.41) is 21.8. The van der Waals surface area contributed by atoms with E-state index < -0.39 is 34.0 Å². The van der Waals surface area contributed by atoms with Crippen molar-refractivity contribution < 1.29 is 18.8 Å². The molecule has 0 aliphatic heterocycles. The SMILES string of the molecule is CC(O)CNc1c([N+](=O)[O-])ccc(F)c1F. The molecule has 5 nitrogen and oxygen atoms in total. The number of benzene rings is 1. The molecular weight excluding hydrogens is 222 g/mol. The number of nitrogens with one attached hydrogen (secondary N) is 1. The molecule has 0 aliphatic rings. The molecule has 2 N–H and O–H groups in total. The highest BCUT2D eigenvalue weighted by Crippen LogP contribution is 2.28. The first-order chi connectivity index (χ1) is 7.43. The Morgan fingerprint density at radius 2 is 2.19 bits per heavy atom. The molecule has 0 spiro atoms. The number of aliphatic hydroxyl groups is 1. The molecule has 1 unspecified atom stereocenters. The molecule has 0 aromatic heterocycles. The van der Waals surface area contributed by atoms with Gasteiger partial charge in [-0.1, -0.05) is 0 Å². The molecule has 0 saturated heterocycles. The topological polar surface area (TPSA) is 75.4 Å². The highest BCUT2D eigenvalue weighted by Gasteiger charge is 2.21. The number of anilines is 1. The number of halogens is 2. The maximum absolute atomic E-state index is 13.2. The Labute approximate surface area is 89.9 Å². The van der Waals surface area contributed by atoms with Crippen LogP contribution in [0.1, 0.15) is 6.92 Å². The number of nitro benzene ring substituents is 1. The Morgan fingerprint density at radius 3 is 2.69 bits per heavy atom. The van der Waals surface area contributed by atoms with E-state index in [1.54, 1.807) is 0 Å². The van der Waals surface area contributed by atoms with Gasteiger partial charge in [-0.05, 0) is 13.0 Å². The first-order valence-corrected chi connectivity index (χ1v) is 4.47. The van der Waals surface area contributed by atoms with Crippen LogP contribution in [0.4, 0.5) is 20.2 Å². The van der Waals surface area contributed by atoms with Crippen molar-refractivity contribution >= 4 is 11.4 Å². The monoisotopic (exact) mass is 232 g/mol. The van der Waals surface area contributed by atoms with Gasteiger partial charge >= 0.3 is 0 Å². The zero-order valence-electron chi connectivity index (χ0n) is 8.41. The van der Waals surface area contributed by atoms with Crippen LogP contribution in [0.2, 0.25) is 0 Å². The molecular formula is C9H10F2N2O3. The number of hydrogen-bond acceptors (Lipinski definition) is 4. The van der Waals surface area contributed by atoms with Crippen LogP contribution in [0.15, 0.2) is 12.1 Å². The molecule has 1 aromatic carbocycles. The Kier molecular flexibility index (Phi) is 3.73. The third kappa shape index (κ3) is 2.63. The summed E-state index contributed by atoms with van der Waals surface area (Å²) < 4.78 is 26.1. The molecule has 0 amide bonds. The van der Waals surface area contributed by atoms with Crippen molar-refractivity contribution in [1.82, 2.24) is 0 Å². The number of nitro groups is 1. The van der Waals surface area contributed by atoms with E-state index >= 15 is 0 Å². The van der Waals surface area contributed by atoms with Crippen LogP contribution >= 0.6 is 0 Å². The molecule has 88 valence electrons. The van der Waals surface area contributed by atoms with Crippen molar-refractivity contribution in [2.24, 2.45) is 0 Å². The summed E-state index contributed by atoms with van der Waals surface area (Å²) in [6.45, 7) is 1.30. The van der Waals surface area contributed by atoms with Gasteiger partial charge in [-0.2, -0.15) is 0 Å². The van der Waals surface area contributed by atoms with Gasteiger partial charge in [0, 0.05) is 12.6 Å². The maximum Gasteiger partial charge on any atom is 0.295 e. The largest absolute Gasteiger partial charge is 0.392 e. The van der Waals surface area contributed by atoms with Crippen LogP contribution in [0.5, 0.6) is 0 Å². The summed E-state index contributed by atoms with van der Waals surface area (Å²) in [6.07, 6.45) is -0.831. The Balaban J connectivity index is 3.11. The first-order valence-electron chi connectivity index (χ1n) is 4.47. The summed E-state index contributed by atoms with van der Waals surface area (Å²) in [4.78, 5) is 9.72. The van der Waals surface area contributed by atoms with Gasteiger partial charge in [0.25, 0.3) is 5.69 Å². The van der Waals surface area contributed by atoms with Crippen LogP contribution in [-0.2, 0) is 0 Å². The van der Waals surface area contributed by atoms with Crippen molar-refractivity contribution in [2.75, 3.05) is 11.9 Å². The van der Waals surface area contributed by atoms with Crippen LogP contribution in [0.3, 0.4) is 0 Å². The zero-order chi connectivity index (χ0) is 12.3. The fraction of sp³-hybridized carbons (Fsp3) is 0.333. The average Bonchev–Trinajstić information content (AvgIpc) is 2.19. The number of nitrogens with zero attached hydrogens (tertiary/aromatic N) is 1. The Bertz CT molecular complexity index is 410. The van der Waals surface area contributed by atoms with Crippen molar-refractivity contribution in [1.29, 1.82) is 0 Å². The van der Waals surface area contributed by atoms with E-state index in [9.17, 15) is 18.9 Å². The maximum atomic E-state index is 13.2. The van der Waals surface area contributed by atoms with E-state index in [1.165, 1.54) is 6.92 Å². The van der Waals surface area contributed by atoms with Gasteiger partial charge in [0.1, 0.15) is 0 Å². The van der Waals surface area contributed by atoms with E-state index in [-0.39, 0.29) is 6.54 Å². The molecule has 1 aromatic rings. The lowest BCUT2D eigenvalue weighted by Crippen LogP contribution is -2.17. The second-order valence-corrected chi connectivity index (χ2v) is 3.24. The molecule has 7 heteroatoms. The zero-order valence-corrected chi connectivity index (χ0v) is 8.41.